The summed E-state index contributed by atoms with van der Waals surface area (Å²) >= 11 is 8.00. The number of aliphatic hydroxyl groups excluding tert-OH is 1. The van der Waals surface area contributed by atoms with Gasteiger partial charge in [0.15, 0.2) is 0 Å². The summed E-state index contributed by atoms with van der Waals surface area (Å²) in [7, 11) is 0. The summed E-state index contributed by atoms with van der Waals surface area (Å²) in [5.41, 5.74) is 2.31. The molecule has 34 heavy (non-hydrogen) atoms. The van der Waals surface area contributed by atoms with Gasteiger partial charge in [0.05, 0.1) is 16.3 Å². The van der Waals surface area contributed by atoms with E-state index in [-0.39, 0.29) is 23.1 Å². The van der Waals surface area contributed by atoms with Gasteiger partial charge in [-0.3, -0.25) is 9.59 Å². The Kier molecular flexibility index (Phi) is 7.36. The predicted molar refractivity (Wildman–Crippen MR) is 134 cm³/mol. The number of nitrogens with one attached hydrogen (secondary N) is 1. The van der Waals surface area contributed by atoms with Crippen LogP contribution in [0.15, 0.2) is 76.5 Å². The molecular weight excluding hydrogens is 475 g/mol. The first-order chi connectivity index (χ1) is 16.4. The Labute approximate surface area is 206 Å². The molecule has 3 aromatic carbocycles. The lowest BCUT2D eigenvalue weighted by atomic mass is 10.1. The van der Waals surface area contributed by atoms with E-state index in [0.29, 0.717) is 29.8 Å². The van der Waals surface area contributed by atoms with E-state index in [9.17, 15) is 19.1 Å². The lowest BCUT2D eigenvalue weighted by Gasteiger charge is -2.23. The number of carbonyl (C=O) groups is 2. The van der Waals surface area contributed by atoms with Crippen molar-refractivity contribution in [1.29, 1.82) is 0 Å². The Morgan fingerprint density at radius 2 is 1.91 bits per heavy atom. The number of carbonyl (C=O) groups excluding carboxylic acids is 2. The minimum absolute atomic E-state index is 0.0309. The number of anilines is 2. The van der Waals surface area contributed by atoms with Crippen LogP contribution in [-0.2, 0) is 0 Å². The van der Waals surface area contributed by atoms with Gasteiger partial charge in [0.25, 0.3) is 11.8 Å². The predicted octanol–water partition coefficient (Wildman–Crippen LogP) is 6.06. The standard InChI is InChI=1S/C26H22ClFN2O3S/c1-16-6-7-17(28)14-21(16)25(32)29-18-8-9-20(22(27)15-18)26(33)30-12-10-19(11-13-31)34-24-5-3-2-4-23(24)30/h2-10,14-15,31H,11-13H2,1H3,(H,29,32). The van der Waals surface area contributed by atoms with E-state index in [4.69, 9.17) is 11.6 Å². The molecule has 2 amide bonds. The van der Waals surface area contributed by atoms with Crippen LogP contribution in [0.1, 0.15) is 32.7 Å². The van der Waals surface area contributed by atoms with Crippen LogP contribution in [0, 0.1) is 12.7 Å². The molecule has 174 valence electrons. The van der Waals surface area contributed by atoms with E-state index in [1.54, 1.807) is 24.0 Å². The number of thioether (sulfide) groups is 1. The highest BCUT2D eigenvalue weighted by Crippen LogP contribution is 2.39. The van der Waals surface area contributed by atoms with Gasteiger partial charge in [-0.2, -0.15) is 0 Å². The zero-order valence-corrected chi connectivity index (χ0v) is 19.9. The molecule has 0 saturated heterocycles. The van der Waals surface area contributed by atoms with Crippen molar-refractivity contribution in [2.24, 2.45) is 0 Å². The fourth-order valence-electron chi connectivity index (χ4n) is 3.65. The molecule has 3 aromatic rings. The van der Waals surface area contributed by atoms with E-state index >= 15 is 0 Å². The Balaban J connectivity index is 1.59. The van der Waals surface area contributed by atoms with Crippen LogP contribution in [-0.4, -0.2) is 30.1 Å². The molecule has 0 bridgehead atoms. The zero-order valence-electron chi connectivity index (χ0n) is 18.3. The molecule has 0 aliphatic carbocycles. The Morgan fingerprint density at radius 3 is 2.68 bits per heavy atom. The van der Waals surface area contributed by atoms with Crippen molar-refractivity contribution in [2.75, 3.05) is 23.4 Å². The average molecular weight is 497 g/mol. The molecule has 5 nitrogen and oxygen atoms in total. The van der Waals surface area contributed by atoms with Crippen LogP contribution in [0.4, 0.5) is 15.8 Å². The van der Waals surface area contributed by atoms with Gasteiger partial charge in [-0.1, -0.05) is 47.6 Å². The van der Waals surface area contributed by atoms with E-state index in [1.807, 2.05) is 30.3 Å². The third kappa shape index (κ3) is 5.17. The molecule has 4 rings (SSSR count). The fraction of sp³-hybridized carbons (Fsp3) is 0.154. The number of amides is 2. The first kappa shape index (κ1) is 24.0. The van der Waals surface area contributed by atoms with Crippen LogP contribution in [0.25, 0.3) is 0 Å². The largest absolute Gasteiger partial charge is 0.396 e. The minimum Gasteiger partial charge on any atom is -0.396 e. The number of hydrogen-bond acceptors (Lipinski definition) is 4. The topological polar surface area (TPSA) is 69.6 Å². The number of aryl methyl sites for hydroxylation is 1. The van der Waals surface area contributed by atoms with E-state index in [1.165, 1.54) is 36.0 Å². The maximum absolute atomic E-state index is 13.6. The highest BCUT2D eigenvalue weighted by molar-refractivity contribution is 8.03. The van der Waals surface area contributed by atoms with Crippen molar-refractivity contribution >= 4 is 46.6 Å². The summed E-state index contributed by atoms with van der Waals surface area (Å²) in [6.45, 7) is 2.09. The van der Waals surface area contributed by atoms with Crippen LogP contribution in [0.3, 0.4) is 0 Å². The molecule has 0 radical (unpaired) electrons. The molecule has 0 fully saturated rings. The third-order valence-electron chi connectivity index (χ3n) is 5.40. The summed E-state index contributed by atoms with van der Waals surface area (Å²) in [6.07, 6.45) is 2.45. The lowest BCUT2D eigenvalue weighted by Crippen LogP contribution is -2.31. The number of hydrogen-bond donors (Lipinski definition) is 2. The molecule has 1 aliphatic rings. The number of nitrogens with zero attached hydrogens (tertiary/aromatic N) is 1. The molecule has 1 heterocycles. The van der Waals surface area contributed by atoms with E-state index in [2.05, 4.69) is 5.32 Å². The maximum atomic E-state index is 13.6. The second-order valence-corrected chi connectivity index (χ2v) is 9.31. The zero-order chi connectivity index (χ0) is 24.2. The van der Waals surface area contributed by atoms with Crippen molar-refractivity contribution in [3.05, 3.63) is 99.2 Å². The van der Waals surface area contributed by atoms with Crippen LogP contribution in [0.5, 0.6) is 0 Å². The van der Waals surface area contributed by atoms with Gasteiger partial charge in [0, 0.05) is 35.7 Å². The van der Waals surface area contributed by atoms with Gasteiger partial charge in [-0.25, -0.2) is 4.39 Å². The van der Waals surface area contributed by atoms with Gasteiger partial charge in [-0.05, 0) is 59.9 Å². The summed E-state index contributed by atoms with van der Waals surface area (Å²) in [6, 6.07) is 16.3. The smallest absolute Gasteiger partial charge is 0.260 e. The Bertz CT molecular complexity index is 1290. The highest BCUT2D eigenvalue weighted by Gasteiger charge is 2.24. The van der Waals surface area contributed by atoms with E-state index < -0.39 is 11.7 Å². The molecule has 0 aromatic heterocycles. The normalized spacial score (nSPS) is 13.1. The van der Waals surface area contributed by atoms with Gasteiger partial charge in [0.1, 0.15) is 5.82 Å². The van der Waals surface area contributed by atoms with Crippen LogP contribution >= 0.6 is 23.4 Å². The number of benzene rings is 3. The molecule has 0 spiro atoms. The Morgan fingerprint density at radius 1 is 1.12 bits per heavy atom. The molecule has 0 atom stereocenters. The number of aliphatic hydroxyl groups is 1. The first-order valence-electron chi connectivity index (χ1n) is 10.6. The molecular formula is C26H22ClFN2O3S. The summed E-state index contributed by atoms with van der Waals surface area (Å²) in [5, 5.41) is 12.2. The molecule has 2 N–H and O–H groups in total. The fourth-order valence-corrected chi connectivity index (χ4v) is 4.97. The monoisotopic (exact) mass is 496 g/mol. The van der Waals surface area contributed by atoms with Crippen molar-refractivity contribution in [2.45, 2.75) is 18.2 Å². The summed E-state index contributed by atoms with van der Waals surface area (Å²) < 4.78 is 13.6. The quantitative estimate of drug-likeness (QED) is 0.450. The van der Waals surface area contributed by atoms with Crippen molar-refractivity contribution in [3.63, 3.8) is 0 Å². The van der Waals surface area contributed by atoms with Gasteiger partial charge < -0.3 is 15.3 Å². The third-order valence-corrected chi connectivity index (χ3v) is 6.91. The van der Waals surface area contributed by atoms with Gasteiger partial charge >= 0.3 is 0 Å². The van der Waals surface area contributed by atoms with Crippen molar-refractivity contribution in [1.82, 2.24) is 0 Å². The van der Waals surface area contributed by atoms with Crippen LogP contribution in [0.2, 0.25) is 5.02 Å². The van der Waals surface area contributed by atoms with Crippen molar-refractivity contribution in [3.8, 4) is 0 Å². The van der Waals surface area contributed by atoms with Crippen LogP contribution < -0.4 is 10.2 Å². The second kappa shape index (κ2) is 10.4. The lowest BCUT2D eigenvalue weighted by molar-refractivity contribution is 0.0988. The molecule has 0 unspecified atom stereocenters. The minimum atomic E-state index is -0.498. The van der Waals surface area contributed by atoms with Gasteiger partial charge in [0.2, 0.25) is 0 Å². The molecule has 8 heteroatoms. The summed E-state index contributed by atoms with van der Waals surface area (Å²) in [4.78, 5) is 29.6. The SMILES string of the molecule is Cc1ccc(F)cc1C(=O)Nc1ccc(C(=O)N2CC=C(CCO)Sc3ccccc32)c(Cl)c1. The second-order valence-electron chi connectivity index (χ2n) is 7.74. The van der Waals surface area contributed by atoms with E-state index in [0.717, 1.165) is 15.5 Å². The average Bonchev–Trinajstić information content (AvgIpc) is 3.00. The summed E-state index contributed by atoms with van der Waals surface area (Å²) in [5.74, 6) is -1.24. The first-order valence-corrected chi connectivity index (χ1v) is 11.8. The number of rotatable bonds is 5. The number of para-hydroxylation sites is 1. The maximum Gasteiger partial charge on any atom is 0.260 e. The highest BCUT2D eigenvalue weighted by atomic mass is 35.5. The Hall–Kier alpha value is -3.13. The molecule has 0 saturated carbocycles. The number of fused-ring (bicyclic) bond motifs is 1. The van der Waals surface area contributed by atoms with Crippen molar-refractivity contribution < 1.29 is 19.1 Å². The molecule has 1 aliphatic heterocycles. The number of halogens is 2. The van der Waals surface area contributed by atoms with Gasteiger partial charge in [-0.15, -0.1) is 0 Å².